The van der Waals surface area contributed by atoms with E-state index in [-0.39, 0.29) is 16.6 Å². The molecule has 1 aliphatic heterocycles. The fourth-order valence-corrected chi connectivity index (χ4v) is 3.69. The van der Waals surface area contributed by atoms with Gasteiger partial charge in [-0.2, -0.15) is 4.31 Å². The van der Waals surface area contributed by atoms with Crippen molar-refractivity contribution >= 4 is 15.7 Å². The molecule has 1 aromatic carbocycles. The molecule has 19 heavy (non-hydrogen) atoms. The predicted octanol–water partition coefficient (Wildman–Crippen LogP) is 0.577. The van der Waals surface area contributed by atoms with Crippen molar-refractivity contribution in [2.24, 2.45) is 0 Å². The summed E-state index contributed by atoms with van der Waals surface area (Å²) in [5.41, 5.74) is -0.118. The summed E-state index contributed by atoms with van der Waals surface area (Å²) in [4.78, 5) is 10.1. The van der Waals surface area contributed by atoms with E-state index in [1.165, 1.54) is 28.6 Å². The molecule has 0 unspecified atom stereocenters. The van der Waals surface area contributed by atoms with Gasteiger partial charge in [0, 0.05) is 37.8 Å². The van der Waals surface area contributed by atoms with Crippen LogP contribution in [0.15, 0.2) is 29.2 Å². The van der Waals surface area contributed by atoms with Crippen LogP contribution in [-0.2, 0) is 10.0 Å². The zero-order valence-corrected chi connectivity index (χ0v) is 11.3. The second-order valence-corrected chi connectivity index (χ2v) is 6.31. The van der Waals surface area contributed by atoms with Crippen LogP contribution in [0.1, 0.15) is 6.92 Å². The van der Waals surface area contributed by atoms with Gasteiger partial charge in [-0.1, -0.05) is 0 Å². The van der Waals surface area contributed by atoms with E-state index in [4.69, 9.17) is 0 Å². The molecule has 2 rings (SSSR count). The molecule has 104 valence electrons. The van der Waals surface area contributed by atoms with Crippen molar-refractivity contribution in [2.45, 2.75) is 17.9 Å². The predicted molar refractivity (Wildman–Crippen MR) is 69.3 cm³/mol. The number of hydrogen-bond acceptors (Lipinski definition) is 5. The Morgan fingerprint density at radius 2 is 2.00 bits per heavy atom. The minimum Gasteiger partial charge on any atom is -0.314 e. The van der Waals surface area contributed by atoms with Crippen molar-refractivity contribution in [1.29, 1.82) is 0 Å². The van der Waals surface area contributed by atoms with E-state index in [0.717, 1.165) is 0 Å². The molecular formula is C11H15N3O4S. The smallest absolute Gasteiger partial charge is 0.269 e. The first-order valence-electron chi connectivity index (χ1n) is 5.90. The van der Waals surface area contributed by atoms with E-state index in [1.54, 1.807) is 0 Å². The Labute approximate surface area is 111 Å². The molecule has 1 atom stereocenters. The van der Waals surface area contributed by atoms with Gasteiger partial charge in [0.2, 0.25) is 10.0 Å². The Hall–Kier alpha value is -1.51. The summed E-state index contributed by atoms with van der Waals surface area (Å²) in [6.45, 7) is 3.44. The van der Waals surface area contributed by atoms with Crippen LogP contribution in [0.3, 0.4) is 0 Å². The molecule has 1 fully saturated rings. The summed E-state index contributed by atoms with van der Waals surface area (Å²) in [7, 11) is -3.58. The van der Waals surface area contributed by atoms with E-state index >= 15 is 0 Å². The van der Waals surface area contributed by atoms with E-state index < -0.39 is 14.9 Å². The van der Waals surface area contributed by atoms with Crippen molar-refractivity contribution < 1.29 is 13.3 Å². The first-order valence-corrected chi connectivity index (χ1v) is 7.34. The van der Waals surface area contributed by atoms with Crippen molar-refractivity contribution in [3.63, 3.8) is 0 Å². The summed E-state index contributed by atoms with van der Waals surface area (Å²) in [5.74, 6) is 0. The van der Waals surface area contributed by atoms with E-state index in [9.17, 15) is 18.5 Å². The fraction of sp³-hybridized carbons (Fsp3) is 0.455. The molecule has 1 aromatic rings. The van der Waals surface area contributed by atoms with Gasteiger partial charge >= 0.3 is 0 Å². The number of nitrogens with one attached hydrogen (secondary N) is 1. The van der Waals surface area contributed by atoms with E-state index in [0.29, 0.717) is 19.6 Å². The van der Waals surface area contributed by atoms with Gasteiger partial charge in [0.15, 0.2) is 0 Å². The molecule has 0 aromatic heterocycles. The molecule has 1 N–H and O–H groups in total. The largest absolute Gasteiger partial charge is 0.314 e. The molecule has 0 amide bonds. The van der Waals surface area contributed by atoms with Gasteiger partial charge < -0.3 is 5.32 Å². The van der Waals surface area contributed by atoms with Crippen molar-refractivity contribution in [1.82, 2.24) is 9.62 Å². The number of nitro groups is 1. The van der Waals surface area contributed by atoms with E-state index in [1.807, 2.05) is 6.92 Å². The van der Waals surface area contributed by atoms with Gasteiger partial charge in [-0.05, 0) is 19.1 Å². The zero-order chi connectivity index (χ0) is 14.0. The second kappa shape index (κ2) is 5.24. The molecule has 0 bridgehead atoms. The average Bonchev–Trinajstić information content (AvgIpc) is 2.39. The lowest BCUT2D eigenvalue weighted by molar-refractivity contribution is -0.384. The van der Waals surface area contributed by atoms with Crippen LogP contribution in [0.25, 0.3) is 0 Å². The Balaban J connectivity index is 2.30. The summed E-state index contributed by atoms with van der Waals surface area (Å²) in [6, 6.07) is 4.85. The third-order valence-corrected chi connectivity index (χ3v) is 5.12. The van der Waals surface area contributed by atoms with Gasteiger partial charge in [-0.25, -0.2) is 8.42 Å². The van der Waals surface area contributed by atoms with E-state index in [2.05, 4.69) is 5.32 Å². The molecule has 0 saturated carbocycles. The Bertz CT molecular complexity index is 570. The number of benzene rings is 1. The number of non-ortho nitro benzene ring substituents is 1. The third kappa shape index (κ3) is 2.75. The second-order valence-electron chi connectivity index (χ2n) is 4.42. The third-order valence-electron chi connectivity index (χ3n) is 3.09. The highest BCUT2D eigenvalue weighted by molar-refractivity contribution is 7.89. The minimum atomic E-state index is -3.58. The highest BCUT2D eigenvalue weighted by atomic mass is 32.2. The minimum absolute atomic E-state index is 0.0897. The quantitative estimate of drug-likeness (QED) is 0.647. The van der Waals surface area contributed by atoms with Crippen LogP contribution in [0.5, 0.6) is 0 Å². The number of sulfonamides is 1. The number of piperazine rings is 1. The lowest BCUT2D eigenvalue weighted by atomic mass is 10.3. The molecule has 8 heteroatoms. The fourth-order valence-electron chi connectivity index (χ4n) is 2.05. The molecule has 1 saturated heterocycles. The highest BCUT2D eigenvalue weighted by Crippen LogP contribution is 2.21. The summed E-state index contributed by atoms with van der Waals surface area (Å²) >= 11 is 0. The number of rotatable bonds is 3. The number of nitro benzene ring substituents is 1. The van der Waals surface area contributed by atoms with Gasteiger partial charge in [-0.15, -0.1) is 0 Å². The van der Waals surface area contributed by atoms with Crippen LogP contribution in [-0.4, -0.2) is 43.3 Å². The Morgan fingerprint density at radius 1 is 1.37 bits per heavy atom. The Kier molecular flexibility index (Phi) is 3.83. The first-order chi connectivity index (χ1) is 8.93. The molecule has 1 aliphatic rings. The van der Waals surface area contributed by atoms with Crippen molar-refractivity contribution in [3.8, 4) is 0 Å². The average molecular weight is 285 g/mol. The first kappa shape index (κ1) is 13.9. The SMILES string of the molecule is C[C@H]1CNCCN1S(=O)(=O)c1ccc([N+](=O)[O-])cc1. The highest BCUT2D eigenvalue weighted by Gasteiger charge is 2.30. The monoisotopic (exact) mass is 285 g/mol. The summed E-state index contributed by atoms with van der Waals surface area (Å²) in [5, 5.41) is 13.7. The summed E-state index contributed by atoms with van der Waals surface area (Å²) in [6.07, 6.45) is 0. The lowest BCUT2D eigenvalue weighted by Crippen LogP contribution is -2.52. The van der Waals surface area contributed by atoms with Crippen LogP contribution in [0.4, 0.5) is 5.69 Å². The van der Waals surface area contributed by atoms with Crippen LogP contribution in [0, 0.1) is 10.1 Å². The maximum atomic E-state index is 12.4. The van der Waals surface area contributed by atoms with Crippen molar-refractivity contribution in [2.75, 3.05) is 19.6 Å². The number of nitrogens with zero attached hydrogens (tertiary/aromatic N) is 2. The molecule has 1 heterocycles. The number of hydrogen-bond donors (Lipinski definition) is 1. The van der Waals surface area contributed by atoms with Gasteiger partial charge in [-0.3, -0.25) is 10.1 Å². The van der Waals surface area contributed by atoms with Gasteiger partial charge in [0.05, 0.1) is 9.82 Å². The molecule has 0 aliphatic carbocycles. The molecule has 0 radical (unpaired) electrons. The molecular weight excluding hydrogens is 270 g/mol. The maximum Gasteiger partial charge on any atom is 0.269 e. The topological polar surface area (TPSA) is 92.6 Å². The summed E-state index contributed by atoms with van der Waals surface area (Å²) < 4.78 is 26.2. The lowest BCUT2D eigenvalue weighted by Gasteiger charge is -2.32. The molecule has 0 spiro atoms. The standard InChI is InChI=1S/C11H15N3O4S/c1-9-8-12-6-7-13(9)19(17,18)11-4-2-10(3-5-11)14(15)16/h2-5,9,12H,6-8H2,1H3/t9-/m0/s1. The van der Waals surface area contributed by atoms with Crippen LogP contribution < -0.4 is 5.32 Å². The Morgan fingerprint density at radius 3 is 2.53 bits per heavy atom. The van der Waals surface area contributed by atoms with Crippen molar-refractivity contribution in [3.05, 3.63) is 34.4 Å². The normalized spacial score (nSPS) is 21.2. The molecule has 7 nitrogen and oxygen atoms in total. The van der Waals surface area contributed by atoms with Crippen LogP contribution in [0.2, 0.25) is 0 Å². The maximum absolute atomic E-state index is 12.4. The van der Waals surface area contributed by atoms with Crippen LogP contribution >= 0.6 is 0 Å². The van der Waals surface area contributed by atoms with Gasteiger partial charge in [0.1, 0.15) is 0 Å². The zero-order valence-electron chi connectivity index (χ0n) is 10.4. The van der Waals surface area contributed by atoms with Gasteiger partial charge in [0.25, 0.3) is 5.69 Å².